The molecule has 1 fully saturated rings. The number of nitrogens with zero attached hydrogens (tertiary/aromatic N) is 3. The number of hydrogen-bond acceptors (Lipinski definition) is 5. The fourth-order valence-electron chi connectivity index (χ4n) is 3.69. The zero-order valence-corrected chi connectivity index (χ0v) is 18.7. The molecule has 1 atom stereocenters. The highest BCUT2D eigenvalue weighted by atomic mass is 35.5. The van der Waals surface area contributed by atoms with Crippen molar-refractivity contribution in [3.8, 4) is 0 Å². The third-order valence-corrected chi connectivity index (χ3v) is 6.96. The van der Waals surface area contributed by atoms with Gasteiger partial charge >= 0.3 is 0 Å². The molecule has 156 valence electrons. The summed E-state index contributed by atoms with van der Waals surface area (Å²) in [7, 11) is 0. The van der Waals surface area contributed by atoms with Crippen molar-refractivity contribution in [1.29, 1.82) is 0 Å². The Hall–Kier alpha value is -1.99. The average Bonchev–Trinajstić information content (AvgIpc) is 3.19. The standard InChI is InChI=1S/C22H22Cl2N4OS/c23-19-7-1-5-16(20(19)24)10-18-12-26-22(30-18)27-21(29)17-6-3-9-28(14-17)13-15-4-2-8-25-11-15/h1-2,4-5,7-8,11-12,17H,3,6,9-10,13-14H2,(H,26,27,29)/t17-/m1/s1. The third-order valence-electron chi connectivity index (χ3n) is 5.19. The van der Waals surface area contributed by atoms with Crippen LogP contribution in [0.2, 0.25) is 10.0 Å². The lowest BCUT2D eigenvalue weighted by Crippen LogP contribution is -2.40. The van der Waals surface area contributed by atoms with Crippen molar-refractivity contribution in [3.05, 3.63) is 75.0 Å². The second-order valence-corrected chi connectivity index (χ2v) is 9.35. The van der Waals surface area contributed by atoms with Crippen molar-refractivity contribution in [2.75, 3.05) is 18.4 Å². The van der Waals surface area contributed by atoms with Gasteiger partial charge in [0.2, 0.25) is 5.91 Å². The molecule has 2 aromatic heterocycles. The van der Waals surface area contributed by atoms with Gasteiger partial charge in [-0.1, -0.05) is 41.4 Å². The van der Waals surface area contributed by atoms with Crippen LogP contribution in [0.5, 0.6) is 0 Å². The van der Waals surface area contributed by atoms with Crippen molar-refractivity contribution in [2.24, 2.45) is 5.92 Å². The van der Waals surface area contributed by atoms with Crippen molar-refractivity contribution in [3.63, 3.8) is 0 Å². The summed E-state index contributed by atoms with van der Waals surface area (Å²) in [5, 5.41) is 4.73. The van der Waals surface area contributed by atoms with E-state index >= 15 is 0 Å². The first-order valence-corrected chi connectivity index (χ1v) is 11.5. The van der Waals surface area contributed by atoms with Gasteiger partial charge < -0.3 is 5.32 Å². The molecule has 0 radical (unpaired) electrons. The number of likely N-dealkylation sites (tertiary alicyclic amines) is 1. The molecule has 4 rings (SSSR count). The van der Waals surface area contributed by atoms with Crippen molar-refractivity contribution in [2.45, 2.75) is 25.8 Å². The van der Waals surface area contributed by atoms with Crippen molar-refractivity contribution < 1.29 is 4.79 Å². The molecule has 30 heavy (non-hydrogen) atoms. The van der Waals surface area contributed by atoms with Gasteiger partial charge in [0.1, 0.15) is 0 Å². The first kappa shape index (κ1) is 21.2. The van der Waals surface area contributed by atoms with E-state index in [0.29, 0.717) is 21.6 Å². The molecule has 1 N–H and O–H groups in total. The fraction of sp³-hybridized carbons (Fsp3) is 0.318. The van der Waals surface area contributed by atoms with Gasteiger partial charge in [0.15, 0.2) is 5.13 Å². The number of carbonyl (C=O) groups excluding carboxylic acids is 1. The lowest BCUT2D eigenvalue weighted by Gasteiger charge is -2.31. The molecule has 1 aromatic carbocycles. The molecular weight excluding hydrogens is 439 g/mol. The number of rotatable bonds is 6. The second kappa shape index (κ2) is 9.88. The Morgan fingerprint density at radius 1 is 1.23 bits per heavy atom. The van der Waals surface area contributed by atoms with Crippen LogP contribution in [0.15, 0.2) is 48.9 Å². The molecule has 0 saturated carbocycles. The molecule has 1 saturated heterocycles. The van der Waals surface area contributed by atoms with Gasteiger partial charge in [0.25, 0.3) is 0 Å². The molecule has 8 heteroatoms. The molecule has 1 amide bonds. The molecule has 1 aliphatic heterocycles. The lowest BCUT2D eigenvalue weighted by molar-refractivity contribution is -0.121. The number of pyridine rings is 1. The van der Waals surface area contributed by atoms with E-state index in [1.54, 1.807) is 18.5 Å². The maximum Gasteiger partial charge on any atom is 0.230 e. The number of nitrogens with one attached hydrogen (secondary N) is 1. The van der Waals surface area contributed by atoms with Crippen molar-refractivity contribution >= 4 is 45.6 Å². The molecule has 0 spiro atoms. The second-order valence-electron chi connectivity index (χ2n) is 7.45. The summed E-state index contributed by atoms with van der Waals surface area (Å²) in [6.07, 6.45) is 7.98. The highest BCUT2D eigenvalue weighted by Crippen LogP contribution is 2.30. The maximum absolute atomic E-state index is 12.8. The van der Waals surface area contributed by atoms with E-state index in [2.05, 4.69) is 26.3 Å². The zero-order valence-electron chi connectivity index (χ0n) is 16.4. The van der Waals surface area contributed by atoms with E-state index < -0.39 is 0 Å². The minimum Gasteiger partial charge on any atom is -0.302 e. The summed E-state index contributed by atoms with van der Waals surface area (Å²) in [5.41, 5.74) is 2.12. The van der Waals surface area contributed by atoms with E-state index in [9.17, 15) is 4.79 Å². The number of anilines is 1. The Labute approximate surface area is 190 Å². The molecule has 5 nitrogen and oxygen atoms in total. The number of hydrogen-bond donors (Lipinski definition) is 1. The van der Waals surface area contributed by atoms with Gasteiger partial charge in [0.05, 0.1) is 16.0 Å². The Bertz CT molecular complexity index is 1010. The summed E-state index contributed by atoms with van der Waals surface area (Å²) in [6, 6.07) is 9.62. The van der Waals surface area contributed by atoms with E-state index in [0.717, 1.165) is 42.9 Å². The number of aromatic nitrogens is 2. The summed E-state index contributed by atoms with van der Waals surface area (Å²) in [4.78, 5) is 24.7. The van der Waals surface area contributed by atoms with Crippen LogP contribution in [-0.2, 0) is 17.8 Å². The molecule has 0 bridgehead atoms. The van der Waals surface area contributed by atoms with Crippen LogP contribution in [0.3, 0.4) is 0 Å². The predicted molar refractivity (Wildman–Crippen MR) is 122 cm³/mol. The normalized spacial score (nSPS) is 17.1. The first-order chi connectivity index (χ1) is 14.6. The largest absolute Gasteiger partial charge is 0.302 e. The van der Waals surface area contributed by atoms with Gasteiger partial charge in [-0.05, 0) is 42.6 Å². The van der Waals surface area contributed by atoms with E-state index in [1.807, 2.05) is 24.4 Å². The quantitative estimate of drug-likeness (QED) is 0.542. The number of piperidine rings is 1. The van der Waals surface area contributed by atoms with Crippen LogP contribution >= 0.6 is 34.5 Å². The topological polar surface area (TPSA) is 58.1 Å². The van der Waals surface area contributed by atoms with Gasteiger partial charge in [-0.25, -0.2) is 4.98 Å². The third kappa shape index (κ3) is 5.38. The Balaban J connectivity index is 1.34. The van der Waals surface area contributed by atoms with Gasteiger partial charge in [-0.15, -0.1) is 11.3 Å². The molecular formula is C22H22Cl2N4OS. The van der Waals surface area contributed by atoms with Gasteiger partial charge in [-0.3, -0.25) is 14.7 Å². The first-order valence-electron chi connectivity index (χ1n) is 9.88. The molecule has 3 heterocycles. The van der Waals surface area contributed by atoms with Crippen LogP contribution in [0.25, 0.3) is 0 Å². The number of benzene rings is 1. The summed E-state index contributed by atoms with van der Waals surface area (Å²) >= 11 is 13.8. The number of amides is 1. The maximum atomic E-state index is 12.8. The Morgan fingerprint density at radius 3 is 2.97 bits per heavy atom. The Kier molecular flexibility index (Phi) is 7.00. The smallest absolute Gasteiger partial charge is 0.230 e. The summed E-state index contributed by atoms with van der Waals surface area (Å²) in [5.74, 6) is -0.00211. The highest BCUT2D eigenvalue weighted by molar-refractivity contribution is 7.15. The summed E-state index contributed by atoms with van der Waals surface area (Å²) < 4.78 is 0. The van der Waals surface area contributed by atoms with Crippen molar-refractivity contribution in [1.82, 2.24) is 14.9 Å². The lowest BCUT2D eigenvalue weighted by atomic mass is 9.97. The number of carbonyl (C=O) groups is 1. The fourth-order valence-corrected chi connectivity index (χ4v) is 4.92. The highest BCUT2D eigenvalue weighted by Gasteiger charge is 2.26. The Morgan fingerprint density at radius 2 is 2.13 bits per heavy atom. The van der Waals surface area contributed by atoms with Gasteiger partial charge in [-0.2, -0.15) is 0 Å². The van der Waals surface area contributed by atoms with E-state index in [-0.39, 0.29) is 11.8 Å². The average molecular weight is 461 g/mol. The van der Waals surface area contributed by atoms with Crippen LogP contribution in [0.1, 0.15) is 28.8 Å². The van der Waals surface area contributed by atoms with Crippen LogP contribution in [0, 0.1) is 5.92 Å². The molecule has 1 aliphatic rings. The SMILES string of the molecule is O=C(Nc1ncc(Cc2cccc(Cl)c2Cl)s1)[C@@H]1CCCN(Cc2cccnc2)C1. The van der Waals surface area contributed by atoms with Gasteiger partial charge in [0, 0.05) is 43.0 Å². The minimum absolute atomic E-state index is 0.0348. The monoisotopic (exact) mass is 460 g/mol. The minimum atomic E-state index is -0.0369. The van der Waals surface area contributed by atoms with Crippen LogP contribution in [-0.4, -0.2) is 33.9 Å². The molecule has 3 aromatic rings. The van der Waals surface area contributed by atoms with Crippen LogP contribution < -0.4 is 5.32 Å². The van der Waals surface area contributed by atoms with E-state index in [4.69, 9.17) is 23.2 Å². The zero-order chi connectivity index (χ0) is 20.9. The summed E-state index contributed by atoms with van der Waals surface area (Å²) in [6.45, 7) is 2.57. The number of halogens is 2. The molecule has 0 aliphatic carbocycles. The van der Waals surface area contributed by atoms with E-state index in [1.165, 1.54) is 16.9 Å². The number of thiazole rings is 1. The predicted octanol–water partition coefficient (Wildman–Crippen LogP) is 5.29. The van der Waals surface area contributed by atoms with Crippen LogP contribution in [0.4, 0.5) is 5.13 Å². The molecule has 0 unspecified atom stereocenters.